The van der Waals surface area contributed by atoms with Crippen LogP contribution in [0.1, 0.15) is 49.3 Å². The maximum absolute atomic E-state index is 13.7. The number of ether oxygens (including phenoxy) is 2. The largest absolute Gasteiger partial charge is 0.497 e. The van der Waals surface area contributed by atoms with Crippen molar-refractivity contribution in [2.45, 2.75) is 38.1 Å². The number of allylic oxidation sites excluding steroid dienone is 1. The van der Waals surface area contributed by atoms with Crippen molar-refractivity contribution in [3.05, 3.63) is 95.2 Å². The van der Waals surface area contributed by atoms with Crippen molar-refractivity contribution in [3.8, 4) is 11.5 Å². The number of carbonyl (C=O) groups is 1. The van der Waals surface area contributed by atoms with E-state index in [9.17, 15) is 4.79 Å². The Hall–Kier alpha value is -3.73. The maximum atomic E-state index is 13.7. The van der Waals surface area contributed by atoms with Crippen LogP contribution >= 0.6 is 0 Å². The molecule has 5 nitrogen and oxygen atoms in total. The number of anilines is 2. The van der Waals surface area contributed by atoms with Crippen LogP contribution < -0.4 is 20.1 Å². The van der Waals surface area contributed by atoms with Crippen molar-refractivity contribution in [1.82, 2.24) is 0 Å². The lowest BCUT2D eigenvalue weighted by atomic mass is 9.78. The number of ketones is 1. The van der Waals surface area contributed by atoms with Gasteiger partial charge >= 0.3 is 0 Å². The number of benzene rings is 3. The first-order valence-corrected chi connectivity index (χ1v) is 11.9. The van der Waals surface area contributed by atoms with Crippen LogP contribution in [0, 0.1) is 0 Å². The highest BCUT2D eigenvalue weighted by Crippen LogP contribution is 2.44. The summed E-state index contributed by atoms with van der Waals surface area (Å²) in [7, 11) is 1.67. The monoisotopic (exact) mass is 454 g/mol. The average Bonchev–Trinajstić information content (AvgIpc) is 3.04. The third kappa shape index (κ3) is 4.38. The second-order valence-corrected chi connectivity index (χ2v) is 8.86. The number of hydrogen-bond donors (Lipinski definition) is 2. The van der Waals surface area contributed by atoms with E-state index in [0.29, 0.717) is 13.0 Å². The molecule has 3 aromatic rings. The standard InChI is InChI=1S/C29H30N2O3/c1-3-15-34-22-13-11-19(12-14-22)29-28-26(30-24-9-4-5-10-25(24)31-29)17-21(18-27(28)32)20-7-6-8-23(16-20)33-2/h4-14,16,21,29-31H,3,15,17-18H2,1-2H3. The van der Waals surface area contributed by atoms with Crippen LogP contribution in [0.2, 0.25) is 0 Å². The fourth-order valence-electron chi connectivity index (χ4n) is 4.85. The topological polar surface area (TPSA) is 59.6 Å². The lowest BCUT2D eigenvalue weighted by Gasteiger charge is -2.30. The first kappa shape index (κ1) is 22.1. The lowest BCUT2D eigenvalue weighted by molar-refractivity contribution is -0.116. The van der Waals surface area contributed by atoms with Gasteiger partial charge in [0.2, 0.25) is 0 Å². The van der Waals surface area contributed by atoms with Gasteiger partial charge in [0.05, 0.1) is 31.1 Å². The number of fused-ring (bicyclic) bond motifs is 1. The minimum Gasteiger partial charge on any atom is -0.497 e. The lowest BCUT2D eigenvalue weighted by Crippen LogP contribution is -2.26. The summed E-state index contributed by atoms with van der Waals surface area (Å²) in [4.78, 5) is 13.7. The first-order chi connectivity index (χ1) is 16.7. The molecule has 1 aliphatic carbocycles. The molecule has 0 fully saturated rings. The molecule has 34 heavy (non-hydrogen) atoms. The summed E-state index contributed by atoms with van der Waals surface area (Å²) < 4.78 is 11.2. The van der Waals surface area contributed by atoms with Gasteiger partial charge < -0.3 is 20.1 Å². The van der Waals surface area contributed by atoms with E-state index in [1.807, 2.05) is 42.5 Å². The molecule has 0 bridgehead atoms. The van der Waals surface area contributed by atoms with Crippen molar-refractivity contribution < 1.29 is 14.3 Å². The third-order valence-electron chi connectivity index (χ3n) is 6.56. The molecule has 3 aromatic carbocycles. The van der Waals surface area contributed by atoms with Crippen LogP contribution in [0.3, 0.4) is 0 Å². The normalized spacial score (nSPS) is 19.3. The molecule has 0 spiro atoms. The molecule has 174 valence electrons. The van der Waals surface area contributed by atoms with Gasteiger partial charge in [-0.05, 0) is 66.3 Å². The summed E-state index contributed by atoms with van der Waals surface area (Å²) in [5.41, 5.74) is 5.94. The van der Waals surface area contributed by atoms with E-state index in [0.717, 1.165) is 58.1 Å². The number of methoxy groups -OCH3 is 1. The number of para-hydroxylation sites is 2. The van der Waals surface area contributed by atoms with Crippen LogP contribution in [-0.4, -0.2) is 19.5 Å². The number of hydrogen-bond acceptors (Lipinski definition) is 5. The van der Waals surface area contributed by atoms with Gasteiger partial charge in [-0.3, -0.25) is 4.79 Å². The molecule has 0 aromatic heterocycles. The molecule has 0 radical (unpaired) electrons. The molecule has 5 rings (SSSR count). The molecule has 2 unspecified atom stereocenters. The smallest absolute Gasteiger partial charge is 0.163 e. The van der Waals surface area contributed by atoms with Crippen LogP contribution in [0.5, 0.6) is 11.5 Å². The molecule has 1 heterocycles. The summed E-state index contributed by atoms with van der Waals surface area (Å²) in [6.07, 6.45) is 2.20. The Bertz CT molecular complexity index is 1220. The van der Waals surface area contributed by atoms with E-state index in [1.54, 1.807) is 7.11 Å². The van der Waals surface area contributed by atoms with Gasteiger partial charge in [-0.25, -0.2) is 0 Å². The van der Waals surface area contributed by atoms with Gasteiger partial charge in [0.1, 0.15) is 11.5 Å². The molecule has 2 aliphatic rings. The number of rotatable bonds is 6. The zero-order valence-corrected chi connectivity index (χ0v) is 19.6. The summed E-state index contributed by atoms with van der Waals surface area (Å²) in [6.45, 7) is 2.79. The van der Waals surface area contributed by atoms with E-state index in [1.165, 1.54) is 0 Å². The summed E-state index contributed by atoms with van der Waals surface area (Å²) >= 11 is 0. The fourth-order valence-corrected chi connectivity index (χ4v) is 4.85. The van der Waals surface area contributed by atoms with Gasteiger partial charge in [-0.2, -0.15) is 0 Å². The third-order valence-corrected chi connectivity index (χ3v) is 6.56. The Labute approximate surface area is 200 Å². The van der Waals surface area contributed by atoms with Crippen LogP contribution in [0.4, 0.5) is 11.4 Å². The zero-order chi connectivity index (χ0) is 23.5. The van der Waals surface area contributed by atoms with Crippen molar-refractivity contribution in [2.75, 3.05) is 24.4 Å². The molecule has 0 saturated heterocycles. The molecular weight excluding hydrogens is 424 g/mol. The van der Waals surface area contributed by atoms with Gasteiger partial charge in [-0.1, -0.05) is 43.3 Å². The van der Waals surface area contributed by atoms with Crippen LogP contribution in [-0.2, 0) is 4.79 Å². The molecule has 0 saturated carbocycles. The Morgan fingerprint density at radius 2 is 1.68 bits per heavy atom. The molecule has 2 atom stereocenters. The minimum atomic E-state index is -0.231. The van der Waals surface area contributed by atoms with E-state index < -0.39 is 0 Å². The van der Waals surface area contributed by atoms with Gasteiger partial charge in [-0.15, -0.1) is 0 Å². The SMILES string of the molecule is CCCOc1ccc(C2Nc3ccccc3NC3=C2C(=O)CC(c2cccc(OC)c2)C3)cc1. The van der Waals surface area contributed by atoms with Gasteiger partial charge in [0, 0.05) is 17.7 Å². The van der Waals surface area contributed by atoms with Crippen LogP contribution in [0.25, 0.3) is 0 Å². The highest BCUT2D eigenvalue weighted by molar-refractivity contribution is 6.01. The summed E-state index contributed by atoms with van der Waals surface area (Å²) in [6, 6.07) is 24.0. The second kappa shape index (κ2) is 9.64. The first-order valence-electron chi connectivity index (χ1n) is 11.9. The average molecular weight is 455 g/mol. The van der Waals surface area contributed by atoms with E-state index in [-0.39, 0.29) is 17.7 Å². The highest BCUT2D eigenvalue weighted by Gasteiger charge is 2.36. The minimum absolute atomic E-state index is 0.101. The van der Waals surface area contributed by atoms with Gasteiger partial charge in [0.25, 0.3) is 0 Å². The van der Waals surface area contributed by atoms with E-state index in [2.05, 4.69) is 47.9 Å². The second-order valence-electron chi connectivity index (χ2n) is 8.86. The molecule has 2 N–H and O–H groups in total. The Morgan fingerprint density at radius 1 is 0.882 bits per heavy atom. The number of Topliss-reactive ketones (excluding diaryl/α,β-unsaturated/α-hetero) is 1. The van der Waals surface area contributed by atoms with Crippen molar-refractivity contribution in [3.63, 3.8) is 0 Å². The maximum Gasteiger partial charge on any atom is 0.163 e. The summed E-state index contributed by atoms with van der Waals surface area (Å²) in [5, 5.41) is 7.24. The van der Waals surface area contributed by atoms with Crippen LogP contribution in [0.15, 0.2) is 84.1 Å². The van der Waals surface area contributed by atoms with Crippen molar-refractivity contribution >= 4 is 17.2 Å². The molecule has 1 aliphatic heterocycles. The van der Waals surface area contributed by atoms with Gasteiger partial charge in [0.15, 0.2) is 5.78 Å². The highest BCUT2D eigenvalue weighted by atomic mass is 16.5. The fraction of sp³-hybridized carbons (Fsp3) is 0.276. The van der Waals surface area contributed by atoms with Crippen molar-refractivity contribution in [1.29, 1.82) is 0 Å². The summed E-state index contributed by atoms with van der Waals surface area (Å²) in [5.74, 6) is 1.93. The van der Waals surface area contributed by atoms with Crippen molar-refractivity contribution in [2.24, 2.45) is 0 Å². The molecule has 5 heteroatoms. The quantitative estimate of drug-likeness (QED) is 0.447. The Morgan fingerprint density at radius 3 is 2.44 bits per heavy atom. The Balaban J connectivity index is 1.53. The van der Waals surface area contributed by atoms with E-state index >= 15 is 0 Å². The molecule has 0 amide bonds. The Kier molecular flexibility index (Phi) is 6.26. The molecular formula is C29H30N2O3. The zero-order valence-electron chi connectivity index (χ0n) is 19.6. The number of carbonyl (C=O) groups excluding carboxylic acids is 1. The van der Waals surface area contributed by atoms with E-state index in [4.69, 9.17) is 9.47 Å². The predicted molar refractivity (Wildman–Crippen MR) is 136 cm³/mol. The number of nitrogens with one attached hydrogen (secondary N) is 2. The predicted octanol–water partition coefficient (Wildman–Crippen LogP) is 6.46.